The summed E-state index contributed by atoms with van der Waals surface area (Å²) in [7, 11) is 0. The van der Waals surface area contributed by atoms with Crippen molar-refractivity contribution in [1.29, 1.82) is 0 Å². The summed E-state index contributed by atoms with van der Waals surface area (Å²) in [5.74, 6) is 1.45. The van der Waals surface area contributed by atoms with Gasteiger partial charge in [0.05, 0.1) is 18.0 Å². The first-order valence-electron chi connectivity index (χ1n) is 6.60. The van der Waals surface area contributed by atoms with Crippen LogP contribution < -0.4 is 4.74 Å². The number of benzene rings is 1. The minimum absolute atomic E-state index is 0.513. The maximum Gasteiger partial charge on any atom is 0.145 e. The lowest BCUT2D eigenvalue weighted by atomic mass is 10.1. The van der Waals surface area contributed by atoms with E-state index in [9.17, 15) is 5.11 Å². The summed E-state index contributed by atoms with van der Waals surface area (Å²) in [6, 6.07) is 7.58. The van der Waals surface area contributed by atoms with Crippen molar-refractivity contribution in [2.45, 2.75) is 33.3 Å². The van der Waals surface area contributed by atoms with Gasteiger partial charge in [0.25, 0.3) is 0 Å². The van der Waals surface area contributed by atoms with Crippen LogP contribution in [0.25, 0.3) is 0 Å². The Morgan fingerprint density at radius 3 is 2.35 bits per heavy atom. The Hall–Kier alpha value is -1.39. The minimum atomic E-state index is -0.513. The monoisotopic (exact) mass is 335 g/mol. The highest BCUT2D eigenvalue weighted by atomic mass is 79.9. The van der Waals surface area contributed by atoms with Crippen LogP contribution in [-0.2, 0) is 0 Å². The first kappa shape index (κ1) is 15.0. The number of halogens is 1. The van der Waals surface area contributed by atoms with Gasteiger partial charge in [0.2, 0.25) is 0 Å². The second-order valence-electron chi connectivity index (χ2n) is 4.82. The van der Waals surface area contributed by atoms with Crippen molar-refractivity contribution < 1.29 is 9.84 Å². The van der Waals surface area contributed by atoms with Gasteiger partial charge in [-0.2, -0.15) is 0 Å². The van der Waals surface area contributed by atoms with Gasteiger partial charge in [-0.15, -0.1) is 0 Å². The quantitative estimate of drug-likeness (QED) is 0.880. The lowest BCUT2D eigenvalue weighted by molar-refractivity contribution is 0.169. The number of aliphatic hydroxyl groups excluding tert-OH is 1. The van der Waals surface area contributed by atoms with Crippen molar-refractivity contribution in [1.82, 2.24) is 4.98 Å². The number of aryl methyl sites for hydroxylation is 2. The second-order valence-corrected chi connectivity index (χ2v) is 5.61. The third-order valence-electron chi connectivity index (χ3n) is 3.13. The molecule has 0 aliphatic carbocycles. The molecule has 1 unspecified atom stereocenters. The maximum atomic E-state index is 9.70. The second kappa shape index (κ2) is 6.37. The molecule has 0 bridgehead atoms. The molecule has 1 aromatic heterocycles. The van der Waals surface area contributed by atoms with E-state index in [4.69, 9.17) is 4.74 Å². The molecule has 106 valence electrons. The van der Waals surface area contributed by atoms with Gasteiger partial charge in [0, 0.05) is 4.47 Å². The average Bonchev–Trinajstić information content (AvgIpc) is 2.44. The Labute approximate surface area is 127 Å². The number of pyridine rings is 1. The van der Waals surface area contributed by atoms with Gasteiger partial charge in [-0.25, -0.2) is 0 Å². The summed E-state index contributed by atoms with van der Waals surface area (Å²) in [5.41, 5.74) is 2.93. The Kier molecular flexibility index (Phi) is 4.78. The van der Waals surface area contributed by atoms with E-state index in [-0.39, 0.29) is 0 Å². The smallest absolute Gasteiger partial charge is 0.145 e. The van der Waals surface area contributed by atoms with Crippen LogP contribution in [0.2, 0.25) is 0 Å². The topological polar surface area (TPSA) is 42.4 Å². The summed E-state index contributed by atoms with van der Waals surface area (Å²) in [6.07, 6.45) is 1.78. The molecule has 0 radical (unpaired) electrons. The summed E-state index contributed by atoms with van der Waals surface area (Å²) < 4.78 is 6.90. The number of aromatic nitrogens is 1. The molecule has 0 aliphatic heterocycles. The third kappa shape index (κ3) is 3.38. The van der Waals surface area contributed by atoms with E-state index in [1.54, 1.807) is 12.3 Å². The lowest BCUT2D eigenvalue weighted by Crippen LogP contribution is -1.98. The van der Waals surface area contributed by atoms with E-state index >= 15 is 0 Å². The SMILES string of the molecule is CCC(O)c1ccc(Oc2cc(C)c(Br)c(C)c2)cn1. The van der Waals surface area contributed by atoms with E-state index in [1.165, 1.54) is 0 Å². The maximum absolute atomic E-state index is 9.70. The molecule has 0 fully saturated rings. The molecule has 2 rings (SSSR count). The fourth-order valence-electron chi connectivity index (χ4n) is 1.96. The van der Waals surface area contributed by atoms with Gasteiger partial charge in [-0.1, -0.05) is 22.9 Å². The molecule has 4 heteroatoms. The lowest BCUT2D eigenvalue weighted by Gasteiger charge is -2.11. The van der Waals surface area contributed by atoms with Crippen LogP contribution in [0.5, 0.6) is 11.5 Å². The molecule has 0 spiro atoms. The first-order valence-corrected chi connectivity index (χ1v) is 7.39. The molecule has 1 N–H and O–H groups in total. The fraction of sp³-hybridized carbons (Fsp3) is 0.312. The van der Waals surface area contributed by atoms with E-state index in [0.717, 1.165) is 21.3 Å². The third-order valence-corrected chi connectivity index (χ3v) is 4.38. The van der Waals surface area contributed by atoms with E-state index < -0.39 is 6.10 Å². The number of hydrogen-bond donors (Lipinski definition) is 1. The van der Waals surface area contributed by atoms with E-state index in [2.05, 4.69) is 20.9 Å². The predicted octanol–water partition coefficient (Wildman–Crippen LogP) is 4.70. The van der Waals surface area contributed by atoms with E-state index in [0.29, 0.717) is 17.9 Å². The van der Waals surface area contributed by atoms with Crippen LogP contribution in [0.1, 0.15) is 36.3 Å². The van der Waals surface area contributed by atoms with Crippen molar-refractivity contribution in [2.24, 2.45) is 0 Å². The van der Waals surface area contributed by atoms with Crippen molar-refractivity contribution in [3.8, 4) is 11.5 Å². The predicted molar refractivity (Wildman–Crippen MR) is 83.2 cm³/mol. The average molecular weight is 336 g/mol. The first-order chi connectivity index (χ1) is 9.51. The van der Waals surface area contributed by atoms with Crippen molar-refractivity contribution in [3.63, 3.8) is 0 Å². The molecule has 1 heterocycles. The molecular weight excluding hydrogens is 318 g/mol. The normalized spacial score (nSPS) is 12.2. The molecule has 0 saturated carbocycles. The minimum Gasteiger partial charge on any atom is -0.456 e. The molecule has 0 saturated heterocycles. The zero-order chi connectivity index (χ0) is 14.7. The van der Waals surface area contributed by atoms with Crippen LogP contribution >= 0.6 is 15.9 Å². The zero-order valence-corrected chi connectivity index (χ0v) is 13.4. The van der Waals surface area contributed by atoms with Crippen molar-refractivity contribution in [3.05, 3.63) is 51.8 Å². The number of aliphatic hydroxyl groups is 1. The zero-order valence-electron chi connectivity index (χ0n) is 11.9. The molecule has 3 nitrogen and oxygen atoms in total. The van der Waals surface area contributed by atoms with Gasteiger partial charge in [-0.05, 0) is 55.7 Å². The van der Waals surface area contributed by atoms with Crippen LogP contribution in [-0.4, -0.2) is 10.1 Å². The summed E-state index contributed by atoms with van der Waals surface area (Å²) in [6.45, 7) is 5.98. The Morgan fingerprint density at radius 1 is 1.20 bits per heavy atom. The highest BCUT2D eigenvalue weighted by Crippen LogP contribution is 2.29. The Bertz CT molecular complexity index is 573. The van der Waals surface area contributed by atoms with Crippen LogP contribution in [0.3, 0.4) is 0 Å². The Morgan fingerprint density at radius 2 is 1.85 bits per heavy atom. The molecular formula is C16H18BrNO2. The van der Waals surface area contributed by atoms with Gasteiger partial charge in [0.1, 0.15) is 11.5 Å². The number of ether oxygens (including phenoxy) is 1. The molecule has 1 atom stereocenters. The summed E-state index contributed by atoms with van der Waals surface area (Å²) >= 11 is 3.54. The van der Waals surface area contributed by atoms with Crippen molar-refractivity contribution in [2.75, 3.05) is 0 Å². The number of rotatable bonds is 4. The van der Waals surface area contributed by atoms with E-state index in [1.807, 2.05) is 39.0 Å². The fourth-order valence-corrected chi connectivity index (χ4v) is 2.19. The van der Waals surface area contributed by atoms with Gasteiger partial charge < -0.3 is 9.84 Å². The molecule has 1 aromatic carbocycles. The van der Waals surface area contributed by atoms with Crippen molar-refractivity contribution >= 4 is 15.9 Å². The molecule has 20 heavy (non-hydrogen) atoms. The van der Waals surface area contributed by atoms with Crippen LogP contribution in [0, 0.1) is 13.8 Å². The number of hydrogen-bond acceptors (Lipinski definition) is 3. The number of nitrogens with zero attached hydrogens (tertiary/aromatic N) is 1. The Balaban J connectivity index is 2.18. The van der Waals surface area contributed by atoms with Gasteiger partial charge >= 0.3 is 0 Å². The van der Waals surface area contributed by atoms with Gasteiger partial charge in [-0.3, -0.25) is 4.98 Å². The highest BCUT2D eigenvalue weighted by Gasteiger charge is 2.08. The molecule has 0 amide bonds. The largest absolute Gasteiger partial charge is 0.456 e. The standard InChI is InChI=1S/C16H18BrNO2/c1-4-15(19)14-6-5-12(9-18-14)20-13-7-10(2)16(17)11(3)8-13/h5-9,15,19H,4H2,1-3H3. The highest BCUT2D eigenvalue weighted by molar-refractivity contribution is 9.10. The van der Waals surface area contributed by atoms with Crippen LogP contribution in [0.4, 0.5) is 0 Å². The van der Waals surface area contributed by atoms with Gasteiger partial charge in [0.15, 0.2) is 0 Å². The molecule has 2 aromatic rings. The summed E-state index contributed by atoms with van der Waals surface area (Å²) in [4.78, 5) is 4.22. The summed E-state index contributed by atoms with van der Waals surface area (Å²) in [5, 5.41) is 9.70. The molecule has 0 aliphatic rings. The van der Waals surface area contributed by atoms with Crippen LogP contribution in [0.15, 0.2) is 34.9 Å².